The molecule has 0 aromatic heterocycles. The van der Waals surface area contributed by atoms with E-state index in [1.165, 1.54) is 21.0 Å². The number of phenolic OH excluding ortho intramolecular Hbond substituents is 1. The van der Waals surface area contributed by atoms with Crippen molar-refractivity contribution in [1.29, 1.82) is 0 Å². The van der Waals surface area contributed by atoms with Gasteiger partial charge in [0.15, 0.2) is 5.78 Å². The molecule has 0 radical (unpaired) electrons. The van der Waals surface area contributed by atoms with E-state index < -0.39 is 94.1 Å². The van der Waals surface area contributed by atoms with Gasteiger partial charge in [0, 0.05) is 62.9 Å². The number of aromatic hydroxyl groups is 1. The van der Waals surface area contributed by atoms with Crippen LogP contribution in [0.5, 0.6) is 11.5 Å². The third-order valence-electron chi connectivity index (χ3n) is 10.4. The summed E-state index contributed by atoms with van der Waals surface area (Å²) in [5.41, 5.74) is -1.54. The first-order chi connectivity index (χ1) is 23.7. The van der Waals surface area contributed by atoms with Gasteiger partial charge in [-0.1, -0.05) is 41.0 Å². The molecule has 0 saturated heterocycles. The Labute approximate surface area is 298 Å². The Bertz CT molecular complexity index is 1550. The Balaban J connectivity index is 1.62. The summed E-state index contributed by atoms with van der Waals surface area (Å²) in [6.45, 7) is 12.3. The molecule has 0 saturated carbocycles. The van der Waals surface area contributed by atoms with Crippen molar-refractivity contribution in [3.63, 3.8) is 0 Å². The molecule has 1 aromatic rings. The number of Topliss-reactive ketones (excluding diaryl/α,β-unsaturated/α-hetero) is 2. The van der Waals surface area contributed by atoms with Gasteiger partial charge in [0.1, 0.15) is 17.6 Å². The number of carbonyl (C=O) groups excluding carboxylic acids is 5. The molecule has 0 spiro atoms. The second-order valence-electron chi connectivity index (χ2n) is 14.3. The minimum absolute atomic E-state index is 0.0129. The summed E-state index contributed by atoms with van der Waals surface area (Å²) in [5, 5.41) is 55.5. The fourth-order valence-corrected chi connectivity index (χ4v) is 7.14. The number of amides is 1. The van der Waals surface area contributed by atoms with E-state index in [1.54, 1.807) is 20.8 Å². The van der Waals surface area contributed by atoms with Crippen molar-refractivity contribution in [3.8, 4) is 11.5 Å². The SMILES string of the molecule is COC(CCO)[C@@H](C)[C@@H](OC(C)=O)[C@H](C)[C@H](O)[C@H](C)[C@@H](O)[C@@H](C)CCCC(C)C(=O)NC1=CC(=O)c2c(c(O)c(C)c3c2C(=O)[C@@](C)(O)O3)C1=O. The van der Waals surface area contributed by atoms with Crippen LogP contribution in [0.2, 0.25) is 0 Å². The molecule has 51 heavy (non-hydrogen) atoms. The average Bonchev–Trinajstić information content (AvgIpc) is 3.32. The van der Waals surface area contributed by atoms with Crippen LogP contribution in [-0.4, -0.2) is 98.7 Å². The molecule has 1 aromatic carbocycles. The Hall–Kier alpha value is -3.69. The third kappa shape index (κ3) is 8.69. The standard InChI is InChI=1S/C37H53NO13/c1-16(29(42)19(4)30(43)20(5)33(50-22(7)40)18(3)25(49-9)13-14-39)11-10-12-17(2)36(47)38-23-15-24(41)26-27(32(23)45)31(44)21(6)34-28(26)35(46)37(8,48)51-34/h15-20,25,29-30,33,39,42-44,48H,10-14H2,1-9H3,(H,38,47)/t16-,17?,18+,19+,20+,25?,29-,30+,33+,37-/m0/s1. The van der Waals surface area contributed by atoms with Crippen LogP contribution >= 0.6 is 0 Å². The molecule has 10 atom stereocenters. The first kappa shape index (κ1) is 41.7. The van der Waals surface area contributed by atoms with Gasteiger partial charge in [-0.15, -0.1) is 0 Å². The number of aliphatic hydroxyl groups is 4. The van der Waals surface area contributed by atoms with E-state index in [0.717, 1.165) is 13.0 Å². The normalized spacial score (nSPS) is 22.3. The van der Waals surface area contributed by atoms with Crippen LogP contribution in [0.15, 0.2) is 11.8 Å². The Morgan fingerprint density at radius 2 is 1.57 bits per heavy atom. The van der Waals surface area contributed by atoms with Crippen LogP contribution < -0.4 is 10.1 Å². The molecule has 2 aliphatic rings. The molecule has 0 bridgehead atoms. The van der Waals surface area contributed by atoms with E-state index in [-0.39, 0.29) is 41.0 Å². The number of benzene rings is 1. The number of allylic oxidation sites excluding steroid dienone is 2. The van der Waals surface area contributed by atoms with Gasteiger partial charge < -0.3 is 45.1 Å². The zero-order valence-corrected chi connectivity index (χ0v) is 30.8. The van der Waals surface area contributed by atoms with Crippen molar-refractivity contribution in [3.05, 3.63) is 34.0 Å². The van der Waals surface area contributed by atoms with Crippen molar-refractivity contribution in [2.24, 2.45) is 29.6 Å². The van der Waals surface area contributed by atoms with Crippen molar-refractivity contribution in [2.45, 2.75) is 111 Å². The van der Waals surface area contributed by atoms with Gasteiger partial charge in [0.05, 0.1) is 40.7 Å². The monoisotopic (exact) mass is 719 g/mol. The number of ketones is 3. The maximum absolute atomic E-state index is 13.4. The highest BCUT2D eigenvalue weighted by molar-refractivity contribution is 6.30. The highest BCUT2D eigenvalue weighted by Crippen LogP contribution is 2.46. The number of esters is 1. The first-order valence-electron chi connectivity index (χ1n) is 17.4. The number of hydrogen-bond acceptors (Lipinski definition) is 13. The topological polar surface area (TPSA) is 226 Å². The van der Waals surface area contributed by atoms with Crippen LogP contribution in [0, 0.1) is 36.5 Å². The van der Waals surface area contributed by atoms with Gasteiger partial charge in [-0.25, -0.2) is 0 Å². The number of carbonyl (C=O) groups is 5. The second-order valence-corrected chi connectivity index (χ2v) is 14.3. The van der Waals surface area contributed by atoms with Crippen molar-refractivity contribution < 1.29 is 63.7 Å². The summed E-state index contributed by atoms with van der Waals surface area (Å²) < 4.78 is 16.4. The van der Waals surface area contributed by atoms with Crippen LogP contribution in [0.3, 0.4) is 0 Å². The molecule has 3 rings (SSSR count). The Kier molecular flexibility index (Phi) is 13.7. The molecule has 1 amide bonds. The lowest BCUT2D eigenvalue weighted by molar-refractivity contribution is -0.162. The zero-order valence-electron chi connectivity index (χ0n) is 30.8. The minimum atomic E-state index is -2.28. The van der Waals surface area contributed by atoms with E-state index in [0.29, 0.717) is 25.7 Å². The number of ether oxygens (including phenoxy) is 3. The van der Waals surface area contributed by atoms with E-state index in [1.807, 2.05) is 13.8 Å². The summed E-state index contributed by atoms with van der Waals surface area (Å²) in [5.74, 6) is -9.23. The summed E-state index contributed by atoms with van der Waals surface area (Å²) >= 11 is 0. The van der Waals surface area contributed by atoms with Crippen molar-refractivity contribution in [2.75, 3.05) is 13.7 Å². The predicted molar refractivity (Wildman–Crippen MR) is 183 cm³/mol. The largest absolute Gasteiger partial charge is 0.507 e. The van der Waals surface area contributed by atoms with Gasteiger partial charge in [0.25, 0.3) is 5.79 Å². The number of aliphatic hydroxyl groups excluding tert-OH is 3. The Morgan fingerprint density at radius 1 is 0.941 bits per heavy atom. The third-order valence-corrected chi connectivity index (χ3v) is 10.4. The molecular weight excluding hydrogens is 666 g/mol. The molecule has 1 aliphatic heterocycles. The maximum Gasteiger partial charge on any atom is 0.302 e. The van der Waals surface area contributed by atoms with Crippen molar-refractivity contribution >= 4 is 29.2 Å². The molecule has 2 unspecified atom stereocenters. The summed E-state index contributed by atoms with van der Waals surface area (Å²) in [4.78, 5) is 64.4. The fourth-order valence-electron chi connectivity index (χ4n) is 7.14. The smallest absolute Gasteiger partial charge is 0.302 e. The van der Waals surface area contributed by atoms with Crippen molar-refractivity contribution in [1.82, 2.24) is 5.32 Å². The van der Waals surface area contributed by atoms with E-state index >= 15 is 0 Å². The number of rotatable bonds is 17. The zero-order chi connectivity index (χ0) is 38.7. The first-order valence-corrected chi connectivity index (χ1v) is 17.4. The van der Waals surface area contributed by atoms with Gasteiger partial charge in [-0.2, -0.15) is 0 Å². The Morgan fingerprint density at radius 3 is 2.14 bits per heavy atom. The second kappa shape index (κ2) is 16.8. The van der Waals surface area contributed by atoms with Gasteiger partial charge in [0.2, 0.25) is 17.5 Å². The van der Waals surface area contributed by atoms with E-state index in [4.69, 9.17) is 14.2 Å². The van der Waals surface area contributed by atoms with Crippen LogP contribution in [0.4, 0.5) is 0 Å². The molecular formula is C37H53NO13. The van der Waals surface area contributed by atoms with Crippen LogP contribution in [0.1, 0.15) is 111 Å². The molecule has 14 nitrogen and oxygen atoms in total. The number of fused-ring (bicyclic) bond motifs is 3. The molecule has 6 N–H and O–H groups in total. The van der Waals surface area contributed by atoms with Crippen LogP contribution in [-0.2, 0) is 19.1 Å². The molecule has 1 aliphatic carbocycles. The molecule has 0 fully saturated rings. The fraction of sp³-hybridized carbons (Fsp3) is 0.649. The molecule has 284 valence electrons. The van der Waals surface area contributed by atoms with Gasteiger partial charge in [-0.05, 0) is 32.1 Å². The lowest BCUT2D eigenvalue weighted by Gasteiger charge is -2.38. The lowest BCUT2D eigenvalue weighted by Crippen LogP contribution is -2.47. The number of hydrogen-bond donors (Lipinski definition) is 6. The summed E-state index contributed by atoms with van der Waals surface area (Å²) in [6.07, 6.45) is -0.616. The quantitative estimate of drug-likeness (QED) is 0.128. The van der Waals surface area contributed by atoms with E-state index in [9.17, 15) is 49.5 Å². The van der Waals surface area contributed by atoms with Gasteiger partial charge in [-0.3, -0.25) is 24.0 Å². The summed E-state index contributed by atoms with van der Waals surface area (Å²) in [6, 6.07) is 0. The van der Waals surface area contributed by atoms with Gasteiger partial charge >= 0.3 is 5.97 Å². The van der Waals surface area contributed by atoms with Crippen LogP contribution in [0.25, 0.3) is 0 Å². The minimum Gasteiger partial charge on any atom is -0.507 e. The number of nitrogens with one attached hydrogen (secondary N) is 1. The highest BCUT2D eigenvalue weighted by atomic mass is 16.6. The van der Waals surface area contributed by atoms with E-state index in [2.05, 4.69) is 5.32 Å². The summed E-state index contributed by atoms with van der Waals surface area (Å²) in [7, 11) is 1.50. The number of methoxy groups -OCH3 is 1. The number of phenols is 1. The average molecular weight is 720 g/mol. The predicted octanol–water partition coefficient (Wildman–Crippen LogP) is 2.77. The lowest BCUT2D eigenvalue weighted by atomic mass is 9.77. The molecule has 1 heterocycles. The maximum atomic E-state index is 13.4. The molecule has 14 heteroatoms. The highest BCUT2D eigenvalue weighted by Gasteiger charge is 2.49.